The van der Waals surface area contributed by atoms with Crippen LogP contribution in [0.1, 0.15) is 57.2 Å². The molecule has 0 bridgehead atoms. The normalized spacial score (nSPS) is 20.4. The molecule has 2 aromatic rings. The predicted molar refractivity (Wildman–Crippen MR) is 112 cm³/mol. The van der Waals surface area contributed by atoms with Gasteiger partial charge in [0.25, 0.3) is 0 Å². The molecule has 0 radical (unpaired) electrons. The molecule has 4 nitrogen and oxygen atoms in total. The van der Waals surface area contributed by atoms with Crippen LogP contribution in [-0.4, -0.2) is 24.5 Å². The van der Waals surface area contributed by atoms with Crippen LogP contribution < -0.4 is 19.5 Å². The summed E-state index contributed by atoms with van der Waals surface area (Å²) in [5, 5.41) is 4.22. The maximum absolute atomic E-state index is 6.77. The topological polar surface area (TPSA) is 39.7 Å². The van der Waals surface area contributed by atoms with Gasteiger partial charge < -0.3 is 19.5 Å². The van der Waals surface area contributed by atoms with E-state index in [0.29, 0.717) is 10.8 Å². The van der Waals surface area contributed by atoms with Crippen molar-refractivity contribution in [3.8, 4) is 17.2 Å². The van der Waals surface area contributed by atoms with Gasteiger partial charge in [0.1, 0.15) is 11.4 Å². The van der Waals surface area contributed by atoms with E-state index >= 15 is 0 Å². The Morgan fingerprint density at radius 1 is 1.14 bits per heavy atom. The highest BCUT2D eigenvalue weighted by Crippen LogP contribution is 2.49. The molecule has 0 spiro atoms. The minimum atomic E-state index is -0.689. The van der Waals surface area contributed by atoms with E-state index in [1.54, 1.807) is 0 Å². The zero-order chi connectivity index (χ0) is 20.1. The molecule has 1 atom stereocenters. The molecule has 1 N–H and O–H groups in total. The zero-order valence-electron chi connectivity index (χ0n) is 17.2. The van der Waals surface area contributed by atoms with Gasteiger partial charge in [-0.15, -0.1) is 0 Å². The number of benzene rings is 2. The largest absolute Gasteiger partial charge is 0.488 e. The molecular weight excluding hydrogens is 374 g/mol. The highest BCUT2D eigenvalue weighted by atomic mass is 35.5. The van der Waals surface area contributed by atoms with Gasteiger partial charge in [-0.1, -0.05) is 23.7 Å². The predicted octanol–water partition coefficient (Wildman–Crippen LogP) is 5.30. The van der Waals surface area contributed by atoms with E-state index in [4.69, 9.17) is 25.8 Å². The van der Waals surface area contributed by atoms with Crippen LogP contribution in [0.5, 0.6) is 17.2 Å². The monoisotopic (exact) mass is 401 g/mol. The van der Waals surface area contributed by atoms with E-state index in [9.17, 15) is 0 Å². The fourth-order valence-corrected chi connectivity index (χ4v) is 4.26. The van der Waals surface area contributed by atoms with E-state index < -0.39 is 5.79 Å². The molecule has 5 heteroatoms. The summed E-state index contributed by atoms with van der Waals surface area (Å²) in [4.78, 5) is 0. The first-order valence-corrected chi connectivity index (χ1v) is 10.2. The van der Waals surface area contributed by atoms with Gasteiger partial charge in [0.2, 0.25) is 5.79 Å². The first-order chi connectivity index (χ1) is 13.1. The molecule has 2 aliphatic rings. The Bertz CT molecular complexity index is 884. The third-order valence-electron chi connectivity index (χ3n) is 5.01. The number of halogens is 1. The maximum atomic E-state index is 6.77. The van der Waals surface area contributed by atoms with Crippen LogP contribution in [0.2, 0.25) is 5.02 Å². The third-order valence-corrected chi connectivity index (χ3v) is 5.41. The lowest BCUT2D eigenvalue weighted by Crippen LogP contribution is -2.29. The van der Waals surface area contributed by atoms with Crippen LogP contribution >= 0.6 is 11.6 Å². The van der Waals surface area contributed by atoms with Crippen molar-refractivity contribution in [1.29, 1.82) is 0 Å². The van der Waals surface area contributed by atoms with Gasteiger partial charge in [-0.3, -0.25) is 0 Å². The Hall–Kier alpha value is -1.91. The Morgan fingerprint density at radius 2 is 1.86 bits per heavy atom. The van der Waals surface area contributed by atoms with E-state index in [1.165, 1.54) is 11.1 Å². The fraction of sp³-hybridized carbons (Fsp3) is 0.478. The number of rotatable bonds is 2. The molecule has 0 fully saturated rings. The van der Waals surface area contributed by atoms with Crippen molar-refractivity contribution in [1.82, 2.24) is 5.32 Å². The molecule has 0 saturated carbocycles. The molecule has 0 aliphatic carbocycles. The second-order valence-electron chi connectivity index (χ2n) is 8.98. The van der Waals surface area contributed by atoms with E-state index in [2.05, 4.69) is 44.3 Å². The SMILES string of the molecule is CC(C)(C)Oc1ccc([C@H]2CNCCc3c2cc2c(c3Cl)OC(C)(C)O2)cc1. The van der Waals surface area contributed by atoms with Crippen molar-refractivity contribution in [2.75, 3.05) is 13.1 Å². The molecule has 150 valence electrons. The van der Waals surface area contributed by atoms with Crippen LogP contribution in [-0.2, 0) is 6.42 Å². The Morgan fingerprint density at radius 3 is 2.54 bits per heavy atom. The first-order valence-electron chi connectivity index (χ1n) is 9.86. The molecule has 0 aromatic heterocycles. The average molecular weight is 402 g/mol. The average Bonchev–Trinajstić information content (AvgIpc) is 2.77. The smallest absolute Gasteiger partial charge is 0.246 e. The minimum Gasteiger partial charge on any atom is -0.488 e. The molecule has 2 aromatic carbocycles. The summed E-state index contributed by atoms with van der Waals surface area (Å²) in [6, 6.07) is 10.5. The van der Waals surface area contributed by atoms with Gasteiger partial charge in [0.15, 0.2) is 11.5 Å². The Balaban J connectivity index is 1.72. The van der Waals surface area contributed by atoms with Crippen molar-refractivity contribution < 1.29 is 14.2 Å². The molecule has 2 heterocycles. The third kappa shape index (κ3) is 3.81. The van der Waals surface area contributed by atoms with Crippen LogP contribution in [0.15, 0.2) is 30.3 Å². The molecular formula is C23H28ClNO3. The Labute approximate surface area is 172 Å². The van der Waals surface area contributed by atoms with Crippen molar-refractivity contribution in [2.24, 2.45) is 0 Å². The number of fused-ring (bicyclic) bond motifs is 2. The summed E-state index contributed by atoms with van der Waals surface area (Å²) in [5.41, 5.74) is 3.37. The van der Waals surface area contributed by atoms with Crippen LogP contribution in [0.25, 0.3) is 0 Å². The second kappa shape index (κ2) is 6.85. The first kappa shape index (κ1) is 19.4. The number of ether oxygens (including phenoxy) is 3. The van der Waals surface area contributed by atoms with E-state index in [-0.39, 0.29) is 11.5 Å². The highest BCUT2D eigenvalue weighted by molar-refractivity contribution is 6.33. The number of hydrogen-bond acceptors (Lipinski definition) is 4. The molecule has 28 heavy (non-hydrogen) atoms. The van der Waals surface area contributed by atoms with Gasteiger partial charge in [-0.05, 0) is 68.6 Å². The molecule has 2 aliphatic heterocycles. The van der Waals surface area contributed by atoms with Crippen LogP contribution in [0.4, 0.5) is 0 Å². The van der Waals surface area contributed by atoms with Gasteiger partial charge in [0, 0.05) is 26.3 Å². The summed E-state index contributed by atoms with van der Waals surface area (Å²) in [6.07, 6.45) is 0.868. The molecule has 0 amide bonds. The summed E-state index contributed by atoms with van der Waals surface area (Å²) in [7, 11) is 0. The summed E-state index contributed by atoms with van der Waals surface area (Å²) in [6.45, 7) is 11.7. The molecule has 0 saturated heterocycles. The van der Waals surface area contributed by atoms with Crippen molar-refractivity contribution in [2.45, 2.75) is 58.3 Å². The van der Waals surface area contributed by atoms with Crippen molar-refractivity contribution >= 4 is 11.6 Å². The van der Waals surface area contributed by atoms with Gasteiger partial charge in [0.05, 0.1) is 5.02 Å². The number of hydrogen-bond donors (Lipinski definition) is 1. The zero-order valence-corrected chi connectivity index (χ0v) is 17.9. The molecule has 4 rings (SSSR count). The quantitative estimate of drug-likeness (QED) is 0.740. The van der Waals surface area contributed by atoms with E-state index in [1.807, 2.05) is 26.0 Å². The fourth-order valence-electron chi connectivity index (χ4n) is 3.92. The standard InChI is InChI=1S/C23H28ClNO3/c1-22(2,3)26-15-8-6-14(7-9-15)18-13-25-11-10-16-17(18)12-19-21(20(16)24)28-23(4,5)27-19/h6-9,12,18,25H,10-11,13H2,1-5H3/t18-/m1/s1. The summed E-state index contributed by atoms with van der Waals surface area (Å²) >= 11 is 6.77. The lowest BCUT2D eigenvalue weighted by Gasteiger charge is -2.23. The van der Waals surface area contributed by atoms with Gasteiger partial charge in [-0.25, -0.2) is 0 Å². The highest BCUT2D eigenvalue weighted by Gasteiger charge is 2.36. The Kier molecular flexibility index (Phi) is 4.75. The van der Waals surface area contributed by atoms with Crippen LogP contribution in [0.3, 0.4) is 0 Å². The lowest BCUT2D eigenvalue weighted by atomic mass is 9.87. The minimum absolute atomic E-state index is 0.191. The van der Waals surface area contributed by atoms with Crippen molar-refractivity contribution in [3.05, 3.63) is 52.0 Å². The van der Waals surface area contributed by atoms with E-state index in [0.717, 1.165) is 36.6 Å². The summed E-state index contributed by atoms with van der Waals surface area (Å²) < 4.78 is 17.9. The second-order valence-corrected chi connectivity index (χ2v) is 9.36. The van der Waals surface area contributed by atoms with Gasteiger partial charge >= 0.3 is 0 Å². The van der Waals surface area contributed by atoms with Crippen molar-refractivity contribution in [3.63, 3.8) is 0 Å². The summed E-state index contributed by atoms with van der Waals surface area (Å²) in [5.74, 6) is 1.78. The maximum Gasteiger partial charge on any atom is 0.246 e. The van der Waals surface area contributed by atoms with Gasteiger partial charge in [-0.2, -0.15) is 0 Å². The number of nitrogens with one attached hydrogen (secondary N) is 1. The van der Waals surface area contributed by atoms with Crippen LogP contribution in [0, 0.1) is 0 Å². The lowest BCUT2D eigenvalue weighted by molar-refractivity contribution is -0.0431. The molecule has 0 unspecified atom stereocenters.